The van der Waals surface area contributed by atoms with Gasteiger partial charge < -0.3 is 15.2 Å². The predicted molar refractivity (Wildman–Crippen MR) is 82.0 cm³/mol. The van der Waals surface area contributed by atoms with Crippen molar-refractivity contribution in [2.45, 2.75) is 6.61 Å². The summed E-state index contributed by atoms with van der Waals surface area (Å²) in [6.07, 6.45) is 2.86. The summed E-state index contributed by atoms with van der Waals surface area (Å²) in [7, 11) is 1.54. The Labute approximate surface area is 128 Å². The average Bonchev–Trinajstić information content (AvgIpc) is 2.52. The number of nitrogens with two attached hydrogens (primary N) is 1. The number of carbonyl (C=O) groups is 1. The maximum absolute atomic E-state index is 13.5. The Morgan fingerprint density at radius 3 is 2.68 bits per heavy atom. The van der Waals surface area contributed by atoms with E-state index < -0.39 is 11.7 Å². The van der Waals surface area contributed by atoms with Crippen molar-refractivity contribution >= 4 is 12.0 Å². The van der Waals surface area contributed by atoms with Gasteiger partial charge in [0.25, 0.3) is 0 Å². The van der Waals surface area contributed by atoms with Crippen LogP contribution in [0.2, 0.25) is 0 Å². The van der Waals surface area contributed by atoms with Gasteiger partial charge in [-0.15, -0.1) is 0 Å². The lowest BCUT2D eigenvalue weighted by molar-refractivity contribution is -0.113. The Balaban J connectivity index is 2.19. The molecule has 0 saturated heterocycles. The van der Waals surface area contributed by atoms with Crippen molar-refractivity contribution in [2.24, 2.45) is 5.73 Å². The van der Waals surface area contributed by atoms with E-state index >= 15 is 0 Å². The summed E-state index contributed by atoms with van der Waals surface area (Å²) in [5.74, 6) is -0.165. The van der Waals surface area contributed by atoms with E-state index in [0.29, 0.717) is 5.75 Å². The Hall–Kier alpha value is -2.82. The number of ether oxygens (including phenoxy) is 2. The van der Waals surface area contributed by atoms with E-state index in [1.165, 1.54) is 12.1 Å². The molecule has 0 radical (unpaired) electrons. The summed E-state index contributed by atoms with van der Waals surface area (Å²) >= 11 is 0. The number of primary amides is 1. The predicted octanol–water partition coefficient (Wildman–Crippen LogP) is 2.91. The van der Waals surface area contributed by atoms with Gasteiger partial charge >= 0.3 is 0 Å². The summed E-state index contributed by atoms with van der Waals surface area (Å²) < 4.78 is 24.3. The van der Waals surface area contributed by atoms with E-state index in [2.05, 4.69) is 0 Å². The molecule has 2 rings (SSSR count). The first-order valence-electron chi connectivity index (χ1n) is 6.62. The molecule has 0 fully saturated rings. The van der Waals surface area contributed by atoms with Crippen molar-refractivity contribution in [3.63, 3.8) is 0 Å². The number of methoxy groups -OCH3 is 1. The monoisotopic (exact) mass is 301 g/mol. The number of benzene rings is 2. The summed E-state index contributed by atoms with van der Waals surface area (Å²) in [5, 5.41) is 0. The minimum absolute atomic E-state index is 0.141. The highest BCUT2D eigenvalue weighted by Gasteiger charge is 2.07. The molecule has 0 aromatic heterocycles. The fourth-order valence-corrected chi connectivity index (χ4v) is 1.91. The van der Waals surface area contributed by atoms with Crippen molar-refractivity contribution in [2.75, 3.05) is 7.11 Å². The number of carbonyl (C=O) groups excluding carboxylic acids is 1. The number of hydrogen-bond acceptors (Lipinski definition) is 3. The first kappa shape index (κ1) is 15.6. The highest BCUT2D eigenvalue weighted by Crippen LogP contribution is 2.24. The maximum atomic E-state index is 13.5. The Bertz CT molecular complexity index is 698. The normalized spacial score (nSPS) is 10.6. The molecule has 22 heavy (non-hydrogen) atoms. The van der Waals surface area contributed by atoms with Crippen molar-refractivity contribution in [3.05, 3.63) is 65.5 Å². The molecule has 4 nitrogen and oxygen atoms in total. The summed E-state index contributed by atoms with van der Waals surface area (Å²) in [6, 6.07) is 11.5. The minimum atomic E-state index is -0.528. The second-order valence-electron chi connectivity index (χ2n) is 4.53. The number of halogens is 1. The Kier molecular flexibility index (Phi) is 5.14. The molecular weight excluding hydrogens is 285 g/mol. The van der Waals surface area contributed by atoms with E-state index in [-0.39, 0.29) is 12.4 Å². The van der Waals surface area contributed by atoms with Gasteiger partial charge in [0.2, 0.25) is 5.91 Å². The zero-order valence-corrected chi connectivity index (χ0v) is 12.1. The highest BCUT2D eigenvalue weighted by atomic mass is 19.1. The van der Waals surface area contributed by atoms with Crippen LogP contribution in [0.15, 0.2) is 48.5 Å². The van der Waals surface area contributed by atoms with Gasteiger partial charge in [-0.05, 0) is 35.9 Å². The lowest BCUT2D eigenvalue weighted by Gasteiger charge is -2.11. The van der Waals surface area contributed by atoms with E-state index in [1.807, 2.05) is 0 Å². The maximum Gasteiger partial charge on any atom is 0.241 e. The van der Waals surface area contributed by atoms with Gasteiger partial charge in [-0.25, -0.2) is 4.39 Å². The second kappa shape index (κ2) is 7.26. The first-order chi connectivity index (χ1) is 10.6. The third-order valence-electron chi connectivity index (χ3n) is 2.96. The van der Waals surface area contributed by atoms with Crippen LogP contribution < -0.4 is 15.2 Å². The molecule has 0 spiro atoms. The molecule has 0 unspecified atom stereocenters. The topological polar surface area (TPSA) is 61.5 Å². The van der Waals surface area contributed by atoms with Crippen LogP contribution in [0, 0.1) is 5.82 Å². The van der Waals surface area contributed by atoms with Crippen LogP contribution in [-0.4, -0.2) is 13.0 Å². The van der Waals surface area contributed by atoms with Crippen LogP contribution in [0.4, 0.5) is 4.39 Å². The van der Waals surface area contributed by atoms with Crippen LogP contribution in [0.25, 0.3) is 6.08 Å². The fourth-order valence-electron chi connectivity index (χ4n) is 1.91. The molecule has 2 aromatic rings. The van der Waals surface area contributed by atoms with Gasteiger partial charge in [-0.3, -0.25) is 4.79 Å². The largest absolute Gasteiger partial charge is 0.496 e. The number of rotatable bonds is 6. The molecule has 0 aliphatic heterocycles. The molecule has 0 saturated carbocycles. The number of para-hydroxylation sites is 1. The lowest BCUT2D eigenvalue weighted by Crippen LogP contribution is -2.05. The SMILES string of the molecule is COc1ccc(/C=C\C(N)=O)cc1COc1ccccc1F. The zero-order valence-electron chi connectivity index (χ0n) is 12.1. The third-order valence-corrected chi connectivity index (χ3v) is 2.96. The number of hydrogen-bond donors (Lipinski definition) is 1. The average molecular weight is 301 g/mol. The molecular formula is C17H16FNO3. The minimum Gasteiger partial charge on any atom is -0.496 e. The van der Waals surface area contributed by atoms with Crippen molar-refractivity contribution in [1.29, 1.82) is 0 Å². The third kappa shape index (κ3) is 4.09. The molecule has 0 aliphatic carbocycles. The molecule has 0 aliphatic rings. The van der Waals surface area contributed by atoms with Crippen LogP contribution in [-0.2, 0) is 11.4 Å². The molecule has 1 amide bonds. The molecule has 0 heterocycles. The van der Waals surface area contributed by atoms with Gasteiger partial charge in [0, 0.05) is 11.6 Å². The molecule has 5 heteroatoms. The van der Waals surface area contributed by atoms with E-state index in [9.17, 15) is 9.18 Å². The van der Waals surface area contributed by atoms with Crippen LogP contribution in [0.3, 0.4) is 0 Å². The summed E-state index contributed by atoms with van der Waals surface area (Å²) in [6.45, 7) is 0.141. The smallest absolute Gasteiger partial charge is 0.241 e. The first-order valence-corrected chi connectivity index (χ1v) is 6.62. The van der Waals surface area contributed by atoms with Gasteiger partial charge in [0.15, 0.2) is 11.6 Å². The Morgan fingerprint density at radius 2 is 2.00 bits per heavy atom. The van der Waals surface area contributed by atoms with Crippen LogP contribution in [0.1, 0.15) is 11.1 Å². The standard InChI is InChI=1S/C17H16FNO3/c1-21-15-8-6-12(7-9-17(19)20)10-13(15)11-22-16-5-3-2-4-14(16)18/h2-10H,11H2,1H3,(H2,19,20)/b9-7-. The lowest BCUT2D eigenvalue weighted by atomic mass is 10.1. The fraction of sp³-hybridized carbons (Fsp3) is 0.118. The van der Waals surface area contributed by atoms with E-state index in [4.69, 9.17) is 15.2 Å². The number of amides is 1. The summed E-state index contributed by atoms with van der Waals surface area (Å²) in [5.41, 5.74) is 6.57. The molecule has 114 valence electrons. The van der Waals surface area contributed by atoms with Crippen molar-refractivity contribution in [3.8, 4) is 11.5 Å². The highest BCUT2D eigenvalue weighted by molar-refractivity contribution is 5.90. The van der Waals surface area contributed by atoms with Crippen molar-refractivity contribution < 1.29 is 18.7 Å². The van der Waals surface area contributed by atoms with E-state index in [1.54, 1.807) is 49.6 Å². The molecule has 0 bridgehead atoms. The van der Waals surface area contributed by atoms with Gasteiger partial charge in [0.1, 0.15) is 12.4 Å². The molecule has 2 N–H and O–H groups in total. The van der Waals surface area contributed by atoms with Crippen LogP contribution in [0.5, 0.6) is 11.5 Å². The summed E-state index contributed by atoms with van der Waals surface area (Å²) in [4.78, 5) is 10.8. The molecule has 2 aromatic carbocycles. The van der Waals surface area contributed by atoms with Gasteiger partial charge in [-0.1, -0.05) is 18.2 Å². The van der Waals surface area contributed by atoms with Crippen LogP contribution >= 0.6 is 0 Å². The quantitative estimate of drug-likeness (QED) is 0.834. The Morgan fingerprint density at radius 1 is 1.23 bits per heavy atom. The molecule has 0 atom stereocenters. The van der Waals surface area contributed by atoms with Crippen molar-refractivity contribution in [1.82, 2.24) is 0 Å². The second-order valence-corrected chi connectivity index (χ2v) is 4.53. The van der Waals surface area contributed by atoms with Gasteiger partial charge in [-0.2, -0.15) is 0 Å². The zero-order chi connectivity index (χ0) is 15.9. The van der Waals surface area contributed by atoms with Gasteiger partial charge in [0.05, 0.1) is 7.11 Å². The van der Waals surface area contributed by atoms with E-state index in [0.717, 1.165) is 11.1 Å².